The van der Waals surface area contributed by atoms with Gasteiger partial charge in [-0.25, -0.2) is 0 Å². The summed E-state index contributed by atoms with van der Waals surface area (Å²) in [6.45, 7) is 6.96. The fourth-order valence-electron chi connectivity index (χ4n) is 3.71. The maximum Gasteiger partial charge on any atom is 0.236 e. The van der Waals surface area contributed by atoms with Gasteiger partial charge in [-0.3, -0.25) is 14.6 Å². The molecule has 0 unspecified atom stereocenters. The van der Waals surface area contributed by atoms with Crippen molar-refractivity contribution in [2.45, 2.75) is 44.6 Å². The second kappa shape index (κ2) is 7.19. The SMILES string of the molecule is O=C(CN1CCN(Cc2nnc(C3CCC3)o2)CC1)N1CCCC1. The normalized spacial score (nSPS) is 23.6. The van der Waals surface area contributed by atoms with Crippen LogP contribution in [0.15, 0.2) is 4.42 Å². The van der Waals surface area contributed by atoms with Gasteiger partial charge in [-0.15, -0.1) is 10.2 Å². The summed E-state index contributed by atoms with van der Waals surface area (Å²) in [6, 6.07) is 0. The standard InChI is InChI=1S/C17H27N5O2/c23-16(22-6-1-2-7-22)13-21-10-8-20(9-11-21)12-15-18-19-17(24-15)14-4-3-5-14/h14H,1-13H2. The second-order valence-corrected chi connectivity index (χ2v) is 7.30. The van der Waals surface area contributed by atoms with Crippen LogP contribution in [0.2, 0.25) is 0 Å². The van der Waals surface area contributed by atoms with Crippen molar-refractivity contribution in [1.29, 1.82) is 0 Å². The van der Waals surface area contributed by atoms with Gasteiger partial charge >= 0.3 is 0 Å². The van der Waals surface area contributed by atoms with E-state index in [1.807, 2.05) is 4.90 Å². The van der Waals surface area contributed by atoms with Gasteiger partial charge in [0.05, 0.1) is 13.1 Å². The van der Waals surface area contributed by atoms with Crippen LogP contribution in [0.3, 0.4) is 0 Å². The molecule has 2 aliphatic heterocycles. The summed E-state index contributed by atoms with van der Waals surface area (Å²) in [6.07, 6.45) is 5.97. The molecule has 7 nitrogen and oxygen atoms in total. The molecule has 1 saturated carbocycles. The minimum Gasteiger partial charge on any atom is -0.424 e. The van der Waals surface area contributed by atoms with Gasteiger partial charge in [0.25, 0.3) is 0 Å². The van der Waals surface area contributed by atoms with Gasteiger partial charge in [0.2, 0.25) is 17.7 Å². The molecule has 3 aliphatic rings. The van der Waals surface area contributed by atoms with Crippen molar-refractivity contribution in [2.24, 2.45) is 0 Å². The van der Waals surface area contributed by atoms with Crippen LogP contribution in [0, 0.1) is 0 Å². The largest absolute Gasteiger partial charge is 0.424 e. The van der Waals surface area contributed by atoms with Crippen LogP contribution in [0.25, 0.3) is 0 Å². The van der Waals surface area contributed by atoms with Gasteiger partial charge in [0.15, 0.2) is 0 Å². The molecule has 132 valence electrons. The molecule has 3 heterocycles. The van der Waals surface area contributed by atoms with Crippen LogP contribution in [0.1, 0.15) is 49.8 Å². The third kappa shape index (κ3) is 3.62. The van der Waals surface area contributed by atoms with E-state index in [0.29, 0.717) is 18.4 Å². The summed E-state index contributed by atoms with van der Waals surface area (Å²) >= 11 is 0. The molecule has 1 aromatic rings. The average Bonchev–Trinajstić information content (AvgIpc) is 3.20. The Bertz CT molecular complexity index is 557. The number of nitrogens with zero attached hydrogens (tertiary/aromatic N) is 5. The number of carbonyl (C=O) groups excluding carboxylic acids is 1. The lowest BCUT2D eigenvalue weighted by atomic mass is 9.85. The van der Waals surface area contributed by atoms with E-state index in [9.17, 15) is 4.79 Å². The van der Waals surface area contributed by atoms with Crippen molar-refractivity contribution in [2.75, 3.05) is 45.8 Å². The topological polar surface area (TPSA) is 65.7 Å². The maximum absolute atomic E-state index is 12.2. The quantitative estimate of drug-likeness (QED) is 0.803. The lowest BCUT2D eigenvalue weighted by Crippen LogP contribution is -2.49. The van der Waals surface area contributed by atoms with E-state index < -0.39 is 0 Å². The monoisotopic (exact) mass is 333 g/mol. The van der Waals surface area contributed by atoms with E-state index in [1.54, 1.807) is 0 Å². The first-order valence-corrected chi connectivity index (χ1v) is 9.33. The van der Waals surface area contributed by atoms with E-state index in [1.165, 1.54) is 19.3 Å². The van der Waals surface area contributed by atoms with Crippen LogP contribution in [-0.2, 0) is 11.3 Å². The Hall–Kier alpha value is -1.47. The van der Waals surface area contributed by atoms with Gasteiger partial charge in [0.1, 0.15) is 0 Å². The summed E-state index contributed by atoms with van der Waals surface area (Å²) in [5.74, 6) is 2.35. The van der Waals surface area contributed by atoms with Crippen molar-refractivity contribution in [3.05, 3.63) is 11.8 Å². The molecule has 1 aromatic heterocycles. The average molecular weight is 333 g/mol. The van der Waals surface area contributed by atoms with E-state index in [0.717, 1.165) is 70.4 Å². The molecule has 24 heavy (non-hydrogen) atoms. The summed E-state index contributed by atoms with van der Waals surface area (Å²) < 4.78 is 5.81. The first kappa shape index (κ1) is 16.0. The predicted molar refractivity (Wildman–Crippen MR) is 88.4 cm³/mol. The molecule has 0 N–H and O–H groups in total. The Morgan fingerprint density at radius 2 is 1.67 bits per heavy atom. The number of hydrogen-bond acceptors (Lipinski definition) is 6. The van der Waals surface area contributed by atoms with Gasteiger partial charge in [0, 0.05) is 45.2 Å². The second-order valence-electron chi connectivity index (χ2n) is 7.30. The van der Waals surface area contributed by atoms with E-state index in [2.05, 4.69) is 20.0 Å². The molecule has 0 radical (unpaired) electrons. The van der Waals surface area contributed by atoms with Gasteiger partial charge in [-0.05, 0) is 25.7 Å². The Morgan fingerprint density at radius 1 is 0.958 bits per heavy atom. The number of rotatable bonds is 5. The highest BCUT2D eigenvalue weighted by atomic mass is 16.4. The minimum atomic E-state index is 0.294. The lowest BCUT2D eigenvalue weighted by molar-refractivity contribution is -0.131. The first-order chi connectivity index (χ1) is 11.8. The van der Waals surface area contributed by atoms with Gasteiger partial charge < -0.3 is 9.32 Å². The van der Waals surface area contributed by atoms with Gasteiger partial charge in [-0.1, -0.05) is 6.42 Å². The highest BCUT2D eigenvalue weighted by molar-refractivity contribution is 5.78. The molecule has 3 fully saturated rings. The van der Waals surface area contributed by atoms with Crippen molar-refractivity contribution >= 4 is 5.91 Å². The third-order valence-corrected chi connectivity index (χ3v) is 5.58. The van der Waals surface area contributed by atoms with Crippen molar-refractivity contribution in [3.63, 3.8) is 0 Å². The highest BCUT2D eigenvalue weighted by Gasteiger charge is 2.27. The summed E-state index contributed by atoms with van der Waals surface area (Å²) in [4.78, 5) is 18.8. The molecular weight excluding hydrogens is 306 g/mol. The number of amides is 1. The van der Waals surface area contributed by atoms with Crippen LogP contribution in [0.5, 0.6) is 0 Å². The molecular formula is C17H27N5O2. The van der Waals surface area contributed by atoms with Crippen LogP contribution >= 0.6 is 0 Å². The summed E-state index contributed by atoms with van der Waals surface area (Å²) in [5.41, 5.74) is 0. The number of piperazine rings is 1. The zero-order chi connectivity index (χ0) is 16.4. The Morgan fingerprint density at radius 3 is 2.33 bits per heavy atom. The smallest absolute Gasteiger partial charge is 0.236 e. The molecule has 7 heteroatoms. The Balaban J connectivity index is 1.21. The van der Waals surface area contributed by atoms with Crippen molar-refractivity contribution in [1.82, 2.24) is 24.9 Å². The maximum atomic E-state index is 12.2. The molecule has 0 aromatic carbocycles. The van der Waals surface area contributed by atoms with Crippen molar-refractivity contribution < 1.29 is 9.21 Å². The molecule has 2 saturated heterocycles. The van der Waals surface area contributed by atoms with E-state index in [-0.39, 0.29) is 0 Å². The highest BCUT2D eigenvalue weighted by Crippen LogP contribution is 2.35. The number of carbonyl (C=O) groups is 1. The molecule has 1 amide bonds. The fraction of sp³-hybridized carbons (Fsp3) is 0.824. The number of hydrogen-bond donors (Lipinski definition) is 0. The van der Waals surface area contributed by atoms with E-state index >= 15 is 0 Å². The number of aromatic nitrogens is 2. The van der Waals surface area contributed by atoms with Crippen LogP contribution in [0.4, 0.5) is 0 Å². The third-order valence-electron chi connectivity index (χ3n) is 5.58. The fourth-order valence-corrected chi connectivity index (χ4v) is 3.71. The Labute approximate surface area is 143 Å². The molecule has 1 aliphatic carbocycles. The molecule has 0 spiro atoms. The Kier molecular flexibility index (Phi) is 4.80. The van der Waals surface area contributed by atoms with Crippen LogP contribution < -0.4 is 0 Å². The van der Waals surface area contributed by atoms with Gasteiger partial charge in [-0.2, -0.15) is 0 Å². The van der Waals surface area contributed by atoms with Crippen molar-refractivity contribution in [3.8, 4) is 0 Å². The molecule has 4 rings (SSSR count). The lowest BCUT2D eigenvalue weighted by Gasteiger charge is -2.34. The van der Waals surface area contributed by atoms with Crippen LogP contribution in [-0.4, -0.2) is 76.6 Å². The first-order valence-electron chi connectivity index (χ1n) is 9.33. The van der Waals surface area contributed by atoms with E-state index in [4.69, 9.17) is 4.42 Å². The molecule has 0 bridgehead atoms. The zero-order valence-electron chi connectivity index (χ0n) is 14.3. The number of likely N-dealkylation sites (tertiary alicyclic amines) is 1. The zero-order valence-corrected chi connectivity index (χ0v) is 14.3. The predicted octanol–water partition coefficient (Wildman–Crippen LogP) is 1.08. The molecule has 0 atom stereocenters. The summed E-state index contributed by atoms with van der Waals surface area (Å²) in [7, 11) is 0. The minimum absolute atomic E-state index is 0.294. The summed E-state index contributed by atoms with van der Waals surface area (Å²) in [5, 5.41) is 8.40.